The quantitative estimate of drug-likeness (QED) is 0.630. The number of rotatable bonds is 2. The van der Waals surface area contributed by atoms with Crippen LogP contribution in [0.25, 0.3) is 0 Å². The molecule has 1 amide bonds. The first-order chi connectivity index (χ1) is 5.20. The van der Waals surface area contributed by atoms with E-state index >= 15 is 0 Å². The SMILES string of the molecule is CN(C)NC(=O)c1ccoc1. The van der Waals surface area contributed by atoms with Gasteiger partial charge in [-0.2, -0.15) is 0 Å². The summed E-state index contributed by atoms with van der Waals surface area (Å²) < 4.78 is 4.74. The highest BCUT2D eigenvalue weighted by Crippen LogP contribution is 1.98. The molecule has 11 heavy (non-hydrogen) atoms. The largest absolute Gasteiger partial charge is 0.472 e. The molecular weight excluding hydrogens is 144 g/mol. The summed E-state index contributed by atoms with van der Waals surface area (Å²) in [4.78, 5) is 11.1. The topological polar surface area (TPSA) is 45.5 Å². The van der Waals surface area contributed by atoms with Crippen molar-refractivity contribution in [1.82, 2.24) is 10.4 Å². The number of carbonyl (C=O) groups is 1. The summed E-state index contributed by atoms with van der Waals surface area (Å²) in [5.41, 5.74) is 3.11. The third-order valence-corrected chi connectivity index (χ3v) is 1.11. The number of hydrazine groups is 1. The first-order valence-corrected chi connectivity index (χ1v) is 3.20. The summed E-state index contributed by atoms with van der Waals surface area (Å²) in [7, 11) is 3.50. The minimum absolute atomic E-state index is 0.163. The zero-order valence-electron chi connectivity index (χ0n) is 6.50. The molecule has 1 heterocycles. The van der Waals surface area contributed by atoms with Crippen LogP contribution in [-0.4, -0.2) is 25.0 Å². The molecule has 0 saturated carbocycles. The molecule has 0 bridgehead atoms. The number of carbonyl (C=O) groups excluding carboxylic acids is 1. The van der Waals surface area contributed by atoms with E-state index in [0.29, 0.717) is 5.56 Å². The number of furan rings is 1. The second-order valence-electron chi connectivity index (χ2n) is 2.35. The molecule has 0 unspecified atom stereocenters. The van der Waals surface area contributed by atoms with E-state index in [4.69, 9.17) is 4.42 Å². The third kappa shape index (κ3) is 2.09. The maximum Gasteiger partial charge on any atom is 0.268 e. The van der Waals surface area contributed by atoms with Gasteiger partial charge in [0, 0.05) is 14.1 Å². The molecule has 1 aromatic heterocycles. The Hall–Kier alpha value is -1.29. The van der Waals surface area contributed by atoms with E-state index in [-0.39, 0.29) is 5.91 Å². The normalized spacial score (nSPS) is 10.1. The van der Waals surface area contributed by atoms with E-state index in [0.717, 1.165) is 0 Å². The highest BCUT2D eigenvalue weighted by Gasteiger charge is 2.05. The molecule has 0 aliphatic carbocycles. The molecule has 0 aliphatic rings. The zero-order valence-corrected chi connectivity index (χ0v) is 6.50. The van der Waals surface area contributed by atoms with E-state index < -0.39 is 0 Å². The van der Waals surface area contributed by atoms with Gasteiger partial charge in [-0.1, -0.05) is 0 Å². The van der Waals surface area contributed by atoms with Crippen molar-refractivity contribution in [1.29, 1.82) is 0 Å². The van der Waals surface area contributed by atoms with Crippen molar-refractivity contribution in [3.8, 4) is 0 Å². The lowest BCUT2D eigenvalue weighted by Crippen LogP contribution is -2.35. The Kier molecular flexibility index (Phi) is 2.28. The monoisotopic (exact) mass is 154 g/mol. The molecule has 0 atom stereocenters. The van der Waals surface area contributed by atoms with E-state index in [2.05, 4.69) is 5.43 Å². The summed E-state index contributed by atoms with van der Waals surface area (Å²) in [5, 5.41) is 1.58. The number of hydrogen-bond acceptors (Lipinski definition) is 3. The van der Waals surface area contributed by atoms with E-state index in [1.54, 1.807) is 25.2 Å². The van der Waals surface area contributed by atoms with Crippen LogP contribution in [0.5, 0.6) is 0 Å². The lowest BCUT2D eigenvalue weighted by molar-refractivity contribution is 0.0856. The summed E-state index contributed by atoms with van der Waals surface area (Å²) >= 11 is 0. The molecule has 0 aliphatic heterocycles. The highest BCUT2D eigenvalue weighted by atomic mass is 16.3. The Morgan fingerprint density at radius 1 is 1.64 bits per heavy atom. The zero-order chi connectivity index (χ0) is 8.27. The maximum atomic E-state index is 11.1. The Bertz CT molecular complexity index is 229. The molecule has 4 nitrogen and oxygen atoms in total. The van der Waals surface area contributed by atoms with Crippen LogP contribution in [0.15, 0.2) is 23.0 Å². The van der Waals surface area contributed by atoms with Gasteiger partial charge < -0.3 is 4.42 Å². The summed E-state index contributed by atoms with van der Waals surface area (Å²) in [6.45, 7) is 0. The molecule has 4 heteroatoms. The van der Waals surface area contributed by atoms with Crippen LogP contribution < -0.4 is 5.43 Å². The fraction of sp³-hybridized carbons (Fsp3) is 0.286. The minimum Gasteiger partial charge on any atom is -0.472 e. The Morgan fingerprint density at radius 3 is 2.82 bits per heavy atom. The number of nitrogens with zero attached hydrogens (tertiary/aromatic N) is 1. The second-order valence-corrected chi connectivity index (χ2v) is 2.35. The van der Waals surface area contributed by atoms with Crippen LogP contribution in [0.3, 0.4) is 0 Å². The van der Waals surface area contributed by atoms with Gasteiger partial charge >= 0.3 is 0 Å². The fourth-order valence-corrected chi connectivity index (χ4v) is 0.661. The average molecular weight is 154 g/mol. The molecule has 1 N–H and O–H groups in total. The van der Waals surface area contributed by atoms with Gasteiger partial charge in [-0.15, -0.1) is 0 Å². The molecule has 0 saturated heterocycles. The Balaban J connectivity index is 2.57. The highest BCUT2D eigenvalue weighted by molar-refractivity contribution is 5.93. The number of amides is 1. The van der Waals surface area contributed by atoms with Gasteiger partial charge in [0.05, 0.1) is 11.8 Å². The van der Waals surface area contributed by atoms with Gasteiger partial charge in [-0.05, 0) is 6.07 Å². The fourth-order valence-electron chi connectivity index (χ4n) is 0.661. The second kappa shape index (κ2) is 3.21. The van der Waals surface area contributed by atoms with Crippen molar-refractivity contribution < 1.29 is 9.21 Å². The minimum atomic E-state index is -0.163. The van der Waals surface area contributed by atoms with Crippen LogP contribution >= 0.6 is 0 Å². The first kappa shape index (κ1) is 7.81. The molecule has 0 fully saturated rings. The van der Waals surface area contributed by atoms with Gasteiger partial charge in [0.15, 0.2) is 0 Å². The predicted molar refractivity (Wildman–Crippen MR) is 39.9 cm³/mol. The van der Waals surface area contributed by atoms with E-state index in [9.17, 15) is 4.79 Å². The van der Waals surface area contributed by atoms with Gasteiger partial charge in [0.25, 0.3) is 5.91 Å². The van der Waals surface area contributed by atoms with Crippen molar-refractivity contribution in [2.24, 2.45) is 0 Å². The summed E-state index contributed by atoms with van der Waals surface area (Å²) in [5.74, 6) is -0.163. The molecule has 0 spiro atoms. The average Bonchev–Trinajstić information content (AvgIpc) is 2.35. The molecular formula is C7H10N2O2. The van der Waals surface area contributed by atoms with Crippen molar-refractivity contribution in [3.05, 3.63) is 24.2 Å². The molecule has 60 valence electrons. The standard InChI is InChI=1S/C7H10N2O2/c1-9(2)8-7(10)6-3-4-11-5-6/h3-5H,1-2H3,(H,8,10). The van der Waals surface area contributed by atoms with Gasteiger partial charge in [0.1, 0.15) is 6.26 Å². The summed E-state index contributed by atoms with van der Waals surface area (Å²) in [6.07, 6.45) is 2.86. The van der Waals surface area contributed by atoms with E-state index in [1.165, 1.54) is 12.5 Å². The van der Waals surface area contributed by atoms with Crippen LogP contribution in [0.2, 0.25) is 0 Å². The van der Waals surface area contributed by atoms with Crippen LogP contribution in [0.4, 0.5) is 0 Å². The van der Waals surface area contributed by atoms with Crippen LogP contribution in [0, 0.1) is 0 Å². The van der Waals surface area contributed by atoms with Crippen molar-refractivity contribution >= 4 is 5.91 Å². The number of nitrogens with one attached hydrogen (secondary N) is 1. The Morgan fingerprint density at radius 2 is 2.36 bits per heavy atom. The smallest absolute Gasteiger partial charge is 0.268 e. The van der Waals surface area contributed by atoms with Gasteiger partial charge in [-0.25, -0.2) is 5.01 Å². The van der Waals surface area contributed by atoms with Crippen molar-refractivity contribution in [2.45, 2.75) is 0 Å². The van der Waals surface area contributed by atoms with Crippen molar-refractivity contribution in [3.63, 3.8) is 0 Å². The summed E-state index contributed by atoms with van der Waals surface area (Å²) in [6, 6.07) is 1.61. The van der Waals surface area contributed by atoms with Gasteiger partial charge in [-0.3, -0.25) is 10.2 Å². The van der Waals surface area contributed by atoms with Crippen molar-refractivity contribution in [2.75, 3.05) is 14.1 Å². The van der Waals surface area contributed by atoms with Crippen LogP contribution in [0.1, 0.15) is 10.4 Å². The molecule has 1 rings (SSSR count). The molecule has 1 aromatic rings. The lowest BCUT2D eigenvalue weighted by atomic mass is 10.3. The third-order valence-electron chi connectivity index (χ3n) is 1.11. The van der Waals surface area contributed by atoms with E-state index in [1.807, 2.05) is 0 Å². The predicted octanol–water partition coefficient (Wildman–Crippen LogP) is 0.486. The Labute approximate surface area is 64.8 Å². The van der Waals surface area contributed by atoms with Crippen LogP contribution in [-0.2, 0) is 0 Å². The first-order valence-electron chi connectivity index (χ1n) is 3.20. The number of hydrogen-bond donors (Lipinski definition) is 1. The molecule has 0 radical (unpaired) electrons. The molecule has 0 aromatic carbocycles. The maximum absolute atomic E-state index is 11.1. The lowest BCUT2D eigenvalue weighted by Gasteiger charge is -2.09. The van der Waals surface area contributed by atoms with Gasteiger partial charge in [0.2, 0.25) is 0 Å².